The van der Waals surface area contributed by atoms with Crippen LogP contribution in [0.25, 0.3) is 0 Å². The summed E-state index contributed by atoms with van der Waals surface area (Å²) in [6.07, 6.45) is 2.44. The van der Waals surface area contributed by atoms with Crippen molar-refractivity contribution < 1.29 is 14.7 Å². The maximum atomic E-state index is 12.7. The van der Waals surface area contributed by atoms with E-state index >= 15 is 0 Å². The molecule has 2 N–H and O–H groups in total. The van der Waals surface area contributed by atoms with Gasteiger partial charge in [-0.05, 0) is 30.4 Å². The number of benzene rings is 1. The number of carbonyl (C=O) groups excluding carboxylic acids is 1. The standard InChI is InChI=1S/C16H20N2O3/c19-15(18-8-7-17-10-14(18)16(20)21)13-6-5-11-3-1-2-4-12(11)9-13/h1-4,13-14,17H,5-10H2,(H,20,21). The summed E-state index contributed by atoms with van der Waals surface area (Å²) in [4.78, 5) is 25.6. The predicted molar refractivity (Wildman–Crippen MR) is 78.0 cm³/mol. The molecule has 1 amide bonds. The van der Waals surface area contributed by atoms with E-state index < -0.39 is 12.0 Å². The highest BCUT2D eigenvalue weighted by molar-refractivity contribution is 5.86. The molecule has 1 aliphatic heterocycles. The van der Waals surface area contributed by atoms with E-state index in [0.717, 1.165) is 19.3 Å². The van der Waals surface area contributed by atoms with Crippen LogP contribution in [0.3, 0.4) is 0 Å². The molecule has 0 bridgehead atoms. The number of hydrogen-bond donors (Lipinski definition) is 2. The lowest BCUT2D eigenvalue weighted by Gasteiger charge is -2.37. The molecule has 21 heavy (non-hydrogen) atoms. The van der Waals surface area contributed by atoms with Crippen molar-refractivity contribution in [1.82, 2.24) is 10.2 Å². The van der Waals surface area contributed by atoms with Crippen LogP contribution < -0.4 is 5.32 Å². The molecule has 0 saturated carbocycles. The Morgan fingerprint density at radius 1 is 1.24 bits per heavy atom. The molecule has 5 heteroatoms. The lowest BCUT2D eigenvalue weighted by Crippen LogP contribution is -2.58. The van der Waals surface area contributed by atoms with E-state index in [4.69, 9.17) is 0 Å². The molecule has 1 aliphatic carbocycles. The van der Waals surface area contributed by atoms with Gasteiger partial charge in [-0.1, -0.05) is 24.3 Å². The second kappa shape index (κ2) is 5.85. The number of aryl methyl sites for hydroxylation is 1. The third-order valence-electron chi connectivity index (χ3n) is 4.51. The van der Waals surface area contributed by atoms with Crippen LogP contribution in [-0.2, 0) is 22.4 Å². The minimum absolute atomic E-state index is 0.00148. The molecule has 1 saturated heterocycles. The lowest BCUT2D eigenvalue weighted by atomic mass is 9.83. The number of piperazine rings is 1. The average Bonchev–Trinajstić information content (AvgIpc) is 2.53. The van der Waals surface area contributed by atoms with E-state index in [1.165, 1.54) is 11.1 Å². The Morgan fingerprint density at radius 3 is 2.76 bits per heavy atom. The lowest BCUT2D eigenvalue weighted by molar-refractivity contribution is -0.153. The molecule has 112 valence electrons. The van der Waals surface area contributed by atoms with E-state index in [0.29, 0.717) is 19.6 Å². The van der Waals surface area contributed by atoms with Crippen LogP contribution in [0.4, 0.5) is 0 Å². The molecule has 2 aliphatic rings. The summed E-state index contributed by atoms with van der Waals surface area (Å²) in [6.45, 7) is 1.48. The quantitative estimate of drug-likeness (QED) is 0.839. The summed E-state index contributed by atoms with van der Waals surface area (Å²) in [5.41, 5.74) is 2.54. The molecule has 0 radical (unpaired) electrons. The van der Waals surface area contributed by atoms with Crippen molar-refractivity contribution in [3.63, 3.8) is 0 Å². The molecular weight excluding hydrogens is 268 g/mol. The van der Waals surface area contributed by atoms with Crippen molar-refractivity contribution in [2.24, 2.45) is 5.92 Å². The second-order valence-corrected chi connectivity index (χ2v) is 5.80. The van der Waals surface area contributed by atoms with Gasteiger partial charge in [0, 0.05) is 25.6 Å². The molecule has 0 aromatic heterocycles. The number of carboxylic acids is 1. The molecule has 2 atom stereocenters. The molecule has 1 aromatic carbocycles. The third-order valence-corrected chi connectivity index (χ3v) is 4.51. The van der Waals surface area contributed by atoms with E-state index in [1.54, 1.807) is 4.90 Å². The minimum atomic E-state index is -0.924. The Balaban J connectivity index is 1.75. The van der Waals surface area contributed by atoms with Crippen LogP contribution in [0, 0.1) is 5.92 Å². The highest BCUT2D eigenvalue weighted by atomic mass is 16.4. The zero-order valence-corrected chi connectivity index (χ0v) is 11.9. The van der Waals surface area contributed by atoms with Crippen molar-refractivity contribution in [3.8, 4) is 0 Å². The van der Waals surface area contributed by atoms with Crippen molar-refractivity contribution in [1.29, 1.82) is 0 Å². The fraction of sp³-hybridized carbons (Fsp3) is 0.500. The largest absolute Gasteiger partial charge is 0.480 e. The van der Waals surface area contributed by atoms with Crippen molar-refractivity contribution >= 4 is 11.9 Å². The highest BCUT2D eigenvalue weighted by Crippen LogP contribution is 2.27. The molecule has 0 spiro atoms. The summed E-state index contributed by atoms with van der Waals surface area (Å²) >= 11 is 0. The van der Waals surface area contributed by atoms with Gasteiger partial charge in [-0.2, -0.15) is 0 Å². The molecule has 3 rings (SSSR count). The maximum Gasteiger partial charge on any atom is 0.327 e. The van der Waals surface area contributed by atoms with Crippen LogP contribution in [0.2, 0.25) is 0 Å². The van der Waals surface area contributed by atoms with Gasteiger partial charge in [0.05, 0.1) is 0 Å². The Kier molecular flexibility index (Phi) is 3.92. The van der Waals surface area contributed by atoms with Gasteiger partial charge in [0.1, 0.15) is 6.04 Å². The summed E-state index contributed by atoms with van der Waals surface area (Å²) < 4.78 is 0. The Morgan fingerprint density at radius 2 is 2.00 bits per heavy atom. The zero-order valence-electron chi connectivity index (χ0n) is 11.9. The number of nitrogens with one attached hydrogen (secondary N) is 1. The molecular formula is C16H20N2O3. The second-order valence-electron chi connectivity index (χ2n) is 5.80. The van der Waals surface area contributed by atoms with Gasteiger partial charge in [-0.15, -0.1) is 0 Å². The molecule has 1 heterocycles. The fourth-order valence-electron chi connectivity index (χ4n) is 3.33. The SMILES string of the molecule is O=C(O)C1CNCCN1C(=O)C1CCc2ccccc2C1. The molecule has 1 fully saturated rings. The van der Waals surface area contributed by atoms with Crippen LogP contribution >= 0.6 is 0 Å². The van der Waals surface area contributed by atoms with Gasteiger partial charge < -0.3 is 15.3 Å². The number of amides is 1. The number of nitrogens with zero attached hydrogens (tertiary/aromatic N) is 1. The number of fused-ring (bicyclic) bond motifs is 1. The molecule has 1 aromatic rings. The topological polar surface area (TPSA) is 69.6 Å². The third kappa shape index (κ3) is 2.78. The van der Waals surface area contributed by atoms with Crippen LogP contribution in [-0.4, -0.2) is 47.6 Å². The van der Waals surface area contributed by atoms with Crippen molar-refractivity contribution in [2.45, 2.75) is 25.3 Å². The van der Waals surface area contributed by atoms with Gasteiger partial charge in [-0.25, -0.2) is 4.79 Å². The first-order valence-corrected chi connectivity index (χ1v) is 7.47. The normalized spacial score (nSPS) is 25.2. The van der Waals surface area contributed by atoms with Gasteiger partial charge in [0.15, 0.2) is 0 Å². The smallest absolute Gasteiger partial charge is 0.327 e. The van der Waals surface area contributed by atoms with Gasteiger partial charge in [0.2, 0.25) is 5.91 Å². The molecule has 5 nitrogen and oxygen atoms in total. The van der Waals surface area contributed by atoms with E-state index in [9.17, 15) is 14.7 Å². The fourth-order valence-corrected chi connectivity index (χ4v) is 3.33. The van der Waals surface area contributed by atoms with E-state index in [1.807, 2.05) is 12.1 Å². The van der Waals surface area contributed by atoms with Crippen molar-refractivity contribution in [3.05, 3.63) is 35.4 Å². The van der Waals surface area contributed by atoms with Crippen LogP contribution in [0.15, 0.2) is 24.3 Å². The van der Waals surface area contributed by atoms with Crippen molar-refractivity contribution in [2.75, 3.05) is 19.6 Å². The van der Waals surface area contributed by atoms with Gasteiger partial charge in [-0.3, -0.25) is 4.79 Å². The van der Waals surface area contributed by atoms with E-state index in [-0.39, 0.29) is 11.8 Å². The van der Waals surface area contributed by atoms with Crippen LogP contribution in [0.5, 0.6) is 0 Å². The average molecular weight is 288 g/mol. The number of carboxylic acid groups (broad SMARTS) is 1. The Hall–Kier alpha value is -1.88. The van der Waals surface area contributed by atoms with E-state index in [2.05, 4.69) is 17.4 Å². The number of hydrogen-bond acceptors (Lipinski definition) is 3. The Bertz CT molecular complexity index is 558. The first-order chi connectivity index (χ1) is 10.2. The highest BCUT2D eigenvalue weighted by Gasteiger charge is 2.36. The summed E-state index contributed by atoms with van der Waals surface area (Å²) in [5.74, 6) is -1.01. The summed E-state index contributed by atoms with van der Waals surface area (Å²) in [7, 11) is 0. The minimum Gasteiger partial charge on any atom is -0.480 e. The summed E-state index contributed by atoms with van der Waals surface area (Å²) in [6, 6.07) is 7.47. The first-order valence-electron chi connectivity index (χ1n) is 7.47. The Labute approximate surface area is 123 Å². The maximum absolute atomic E-state index is 12.7. The first kappa shape index (κ1) is 14.1. The number of rotatable bonds is 2. The monoisotopic (exact) mass is 288 g/mol. The van der Waals surface area contributed by atoms with Gasteiger partial charge >= 0.3 is 5.97 Å². The predicted octanol–water partition coefficient (Wildman–Crippen LogP) is 0.677. The van der Waals surface area contributed by atoms with Crippen LogP contribution in [0.1, 0.15) is 17.5 Å². The zero-order chi connectivity index (χ0) is 14.8. The number of aliphatic carboxylic acids is 1. The number of carbonyl (C=O) groups is 2. The summed E-state index contributed by atoms with van der Waals surface area (Å²) in [5, 5.41) is 12.3. The van der Waals surface area contributed by atoms with Gasteiger partial charge in [0.25, 0.3) is 0 Å². The molecule has 2 unspecified atom stereocenters.